The molecule has 5 heteroatoms. The van der Waals surface area contributed by atoms with Gasteiger partial charge >= 0.3 is 0 Å². The Morgan fingerprint density at radius 3 is 2.86 bits per heavy atom. The Balaban J connectivity index is 1.83. The SMILES string of the molecule is Cc1cccc(C(=O)NCC(=O)N2CCC(C(C)O)C2)c1. The number of rotatable bonds is 4. The van der Waals surface area contributed by atoms with Gasteiger partial charge in [-0.3, -0.25) is 9.59 Å². The van der Waals surface area contributed by atoms with Crippen molar-refractivity contribution in [2.75, 3.05) is 19.6 Å². The summed E-state index contributed by atoms with van der Waals surface area (Å²) in [7, 11) is 0. The van der Waals surface area contributed by atoms with Crippen LogP contribution in [0.3, 0.4) is 0 Å². The fourth-order valence-corrected chi connectivity index (χ4v) is 2.56. The molecule has 1 aliphatic rings. The normalized spacial score (nSPS) is 19.4. The van der Waals surface area contributed by atoms with Gasteiger partial charge in [-0.15, -0.1) is 0 Å². The maximum Gasteiger partial charge on any atom is 0.251 e. The largest absolute Gasteiger partial charge is 0.393 e. The predicted octanol–water partition coefficient (Wildman–Crippen LogP) is 0.954. The second kappa shape index (κ2) is 6.72. The summed E-state index contributed by atoms with van der Waals surface area (Å²) in [6.45, 7) is 4.88. The molecule has 0 aromatic heterocycles. The van der Waals surface area contributed by atoms with Crippen LogP contribution in [0.2, 0.25) is 0 Å². The van der Waals surface area contributed by atoms with Gasteiger partial charge in [-0.25, -0.2) is 0 Å². The lowest BCUT2D eigenvalue weighted by Gasteiger charge is -2.18. The van der Waals surface area contributed by atoms with Crippen LogP contribution in [0.5, 0.6) is 0 Å². The van der Waals surface area contributed by atoms with Crippen molar-refractivity contribution in [1.82, 2.24) is 10.2 Å². The Labute approximate surface area is 125 Å². The summed E-state index contributed by atoms with van der Waals surface area (Å²) in [6.07, 6.45) is 0.416. The molecular formula is C16H22N2O3. The second-order valence-electron chi connectivity index (χ2n) is 5.68. The Bertz CT molecular complexity index is 528. The van der Waals surface area contributed by atoms with E-state index in [2.05, 4.69) is 5.32 Å². The zero-order valence-electron chi connectivity index (χ0n) is 12.5. The third-order valence-electron chi connectivity index (χ3n) is 3.94. The van der Waals surface area contributed by atoms with Gasteiger partial charge in [-0.2, -0.15) is 0 Å². The van der Waals surface area contributed by atoms with Crippen LogP contribution in [0.25, 0.3) is 0 Å². The number of benzene rings is 1. The van der Waals surface area contributed by atoms with E-state index in [9.17, 15) is 14.7 Å². The van der Waals surface area contributed by atoms with E-state index in [1.165, 1.54) is 0 Å². The fraction of sp³-hybridized carbons (Fsp3) is 0.500. The molecule has 2 unspecified atom stereocenters. The molecule has 1 heterocycles. The first-order valence-corrected chi connectivity index (χ1v) is 7.28. The highest BCUT2D eigenvalue weighted by molar-refractivity contribution is 5.96. The van der Waals surface area contributed by atoms with Gasteiger partial charge in [0.1, 0.15) is 0 Å². The van der Waals surface area contributed by atoms with E-state index >= 15 is 0 Å². The van der Waals surface area contributed by atoms with Crippen LogP contribution in [0.4, 0.5) is 0 Å². The third kappa shape index (κ3) is 4.04. The van der Waals surface area contributed by atoms with E-state index in [4.69, 9.17) is 0 Å². The summed E-state index contributed by atoms with van der Waals surface area (Å²) in [6, 6.07) is 7.26. The molecule has 0 radical (unpaired) electrons. The molecule has 2 atom stereocenters. The van der Waals surface area contributed by atoms with Crippen LogP contribution in [-0.2, 0) is 4.79 Å². The Morgan fingerprint density at radius 1 is 1.48 bits per heavy atom. The van der Waals surface area contributed by atoms with Crippen molar-refractivity contribution in [3.63, 3.8) is 0 Å². The lowest BCUT2D eigenvalue weighted by Crippen LogP contribution is -2.39. The van der Waals surface area contributed by atoms with Crippen LogP contribution in [0.15, 0.2) is 24.3 Å². The Hall–Kier alpha value is -1.88. The molecule has 1 aromatic carbocycles. The average molecular weight is 290 g/mol. The molecule has 5 nitrogen and oxygen atoms in total. The number of carbonyl (C=O) groups is 2. The summed E-state index contributed by atoms with van der Waals surface area (Å²) >= 11 is 0. The molecule has 2 amide bonds. The van der Waals surface area contributed by atoms with Crippen molar-refractivity contribution in [2.45, 2.75) is 26.4 Å². The molecule has 2 N–H and O–H groups in total. The standard InChI is InChI=1S/C16H22N2O3/c1-11-4-3-5-13(8-11)16(21)17-9-15(20)18-7-6-14(10-18)12(2)19/h3-5,8,12,14,19H,6-7,9-10H2,1-2H3,(H,17,21). The summed E-state index contributed by atoms with van der Waals surface area (Å²) in [5.74, 6) is -0.195. The van der Waals surface area contributed by atoms with Gasteiger partial charge in [0.05, 0.1) is 12.6 Å². The molecule has 0 bridgehead atoms. The van der Waals surface area contributed by atoms with E-state index < -0.39 is 6.10 Å². The molecule has 114 valence electrons. The molecule has 1 fully saturated rings. The second-order valence-corrected chi connectivity index (χ2v) is 5.68. The molecule has 0 spiro atoms. The highest BCUT2D eigenvalue weighted by Crippen LogP contribution is 2.19. The van der Waals surface area contributed by atoms with Crippen molar-refractivity contribution in [1.29, 1.82) is 0 Å². The number of hydrogen-bond donors (Lipinski definition) is 2. The van der Waals surface area contributed by atoms with Crippen molar-refractivity contribution < 1.29 is 14.7 Å². The number of nitrogens with zero attached hydrogens (tertiary/aromatic N) is 1. The first-order chi connectivity index (χ1) is 9.97. The maximum absolute atomic E-state index is 12.0. The molecule has 2 rings (SSSR count). The van der Waals surface area contributed by atoms with E-state index in [-0.39, 0.29) is 24.3 Å². The number of amides is 2. The zero-order chi connectivity index (χ0) is 15.4. The molecule has 21 heavy (non-hydrogen) atoms. The van der Waals surface area contributed by atoms with Crippen molar-refractivity contribution in [3.8, 4) is 0 Å². The van der Waals surface area contributed by atoms with Gasteiger partial charge in [-0.1, -0.05) is 17.7 Å². The third-order valence-corrected chi connectivity index (χ3v) is 3.94. The van der Waals surface area contributed by atoms with Gasteiger partial charge < -0.3 is 15.3 Å². The van der Waals surface area contributed by atoms with E-state index in [0.717, 1.165) is 12.0 Å². The minimum absolute atomic E-state index is 0.000690. The van der Waals surface area contributed by atoms with Crippen molar-refractivity contribution >= 4 is 11.8 Å². The van der Waals surface area contributed by atoms with Gasteiger partial charge in [0.25, 0.3) is 5.91 Å². The topological polar surface area (TPSA) is 69.6 Å². The monoisotopic (exact) mass is 290 g/mol. The Kier molecular flexibility index (Phi) is 4.96. The first kappa shape index (κ1) is 15.5. The highest BCUT2D eigenvalue weighted by Gasteiger charge is 2.28. The number of nitrogens with one attached hydrogen (secondary N) is 1. The molecule has 1 aliphatic heterocycles. The van der Waals surface area contributed by atoms with Gasteiger partial charge in [0.2, 0.25) is 5.91 Å². The quantitative estimate of drug-likeness (QED) is 0.867. The fourth-order valence-electron chi connectivity index (χ4n) is 2.56. The number of likely N-dealkylation sites (tertiary alicyclic amines) is 1. The lowest BCUT2D eigenvalue weighted by molar-refractivity contribution is -0.129. The molecule has 1 aromatic rings. The number of aliphatic hydroxyl groups is 1. The first-order valence-electron chi connectivity index (χ1n) is 7.28. The van der Waals surface area contributed by atoms with Gasteiger partial charge in [0, 0.05) is 24.6 Å². The van der Waals surface area contributed by atoms with Crippen molar-refractivity contribution in [2.24, 2.45) is 5.92 Å². The minimum Gasteiger partial charge on any atom is -0.393 e. The average Bonchev–Trinajstić information content (AvgIpc) is 2.94. The van der Waals surface area contributed by atoms with Crippen LogP contribution in [0, 0.1) is 12.8 Å². The Morgan fingerprint density at radius 2 is 2.24 bits per heavy atom. The van der Waals surface area contributed by atoms with E-state index in [0.29, 0.717) is 18.7 Å². The van der Waals surface area contributed by atoms with Crippen LogP contribution in [-0.4, -0.2) is 47.6 Å². The minimum atomic E-state index is -0.398. The number of aryl methyl sites for hydroxylation is 1. The van der Waals surface area contributed by atoms with Crippen molar-refractivity contribution in [3.05, 3.63) is 35.4 Å². The maximum atomic E-state index is 12.0. The van der Waals surface area contributed by atoms with Crippen LogP contribution in [0.1, 0.15) is 29.3 Å². The van der Waals surface area contributed by atoms with E-state index in [1.807, 2.05) is 19.1 Å². The predicted molar refractivity (Wildman–Crippen MR) is 79.9 cm³/mol. The molecule has 1 saturated heterocycles. The van der Waals surface area contributed by atoms with E-state index in [1.54, 1.807) is 24.0 Å². The summed E-state index contributed by atoms with van der Waals surface area (Å²) in [5.41, 5.74) is 1.57. The number of hydrogen-bond acceptors (Lipinski definition) is 3. The lowest BCUT2D eigenvalue weighted by atomic mass is 10.0. The smallest absolute Gasteiger partial charge is 0.251 e. The number of carbonyl (C=O) groups excluding carboxylic acids is 2. The summed E-state index contributed by atoms with van der Waals surface area (Å²) in [5, 5.41) is 12.2. The van der Waals surface area contributed by atoms with Gasteiger partial charge in [0.15, 0.2) is 0 Å². The molecular weight excluding hydrogens is 268 g/mol. The molecule has 0 saturated carbocycles. The summed E-state index contributed by atoms with van der Waals surface area (Å²) < 4.78 is 0. The van der Waals surface area contributed by atoms with Crippen LogP contribution < -0.4 is 5.32 Å². The zero-order valence-corrected chi connectivity index (χ0v) is 12.5. The van der Waals surface area contributed by atoms with Gasteiger partial charge in [-0.05, 0) is 32.4 Å². The van der Waals surface area contributed by atoms with Crippen LogP contribution >= 0.6 is 0 Å². The number of aliphatic hydroxyl groups excluding tert-OH is 1. The highest BCUT2D eigenvalue weighted by atomic mass is 16.3. The summed E-state index contributed by atoms with van der Waals surface area (Å²) in [4.78, 5) is 25.7. The molecule has 0 aliphatic carbocycles.